The Morgan fingerprint density at radius 3 is 2.34 bits per heavy atom. The Bertz CT molecular complexity index is 1300. The van der Waals surface area contributed by atoms with Gasteiger partial charge < -0.3 is 14.2 Å². The molecule has 0 unspecified atom stereocenters. The normalized spacial score (nSPS) is 11.3. The van der Waals surface area contributed by atoms with E-state index in [0.717, 1.165) is 0 Å². The first-order valence-electron chi connectivity index (χ1n) is 9.18. The summed E-state index contributed by atoms with van der Waals surface area (Å²) in [5.74, 6) is 0.133. The van der Waals surface area contributed by atoms with E-state index in [1.165, 1.54) is 31.4 Å². The summed E-state index contributed by atoms with van der Waals surface area (Å²) in [5, 5.41) is 12.0. The number of hydrogen-bond acceptors (Lipinski definition) is 6. The molecule has 9 heteroatoms. The zero-order chi connectivity index (χ0) is 23.1. The highest BCUT2D eigenvalue weighted by Crippen LogP contribution is 2.29. The molecule has 7 nitrogen and oxygen atoms in total. The molecule has 1 N–H and O–H groups in total. The second-order valence-corrected chi connectivity index (χ2v) is 8.79. The van der Waals surface area contributed by atoms with E-state index in [1.54, 1.807) is 54.6 Å². The molecule has 0 fully saturated rings. The van der Waals surface area contributed by atoms with Gasteiger partial charge in [0.2, 0.25) is 0 Å². The molecule has 0 bridgehead atoms. The topological polar surface area (TPSA) is 105 Å². The molecule has 162 valence electrons. The quantitative estimate of drug-likeness (QED) is 0.277. The molecule has 0 spiro atoms. The lowest BCUT2D eigenvalue weighted by Gasteiger charge is -2.09. The molecule has 0 saturated heterocycles. The summed E-state index contributed by atoms with van der Waals surface area (Å²) in [6, 6.07) is 20.8. The number of carbonyl (C=O) groups is 1. The van der Waals surface area contributed by atoms with E-state index in [1.807, 2.05) is 6.07 Å². The summed E-state index contributed by atoms with van der Waals surface area (Å²) in [5.41, 5.74) is 0.883. The molecular weight excluding hydrogens is 496 g/mol. The van der Waals surface area contributed by atoms with Gasteiger partial charge in [-0.3, -0.25) is 4.79 Å². The maximum atomic E-state index is 12.5. The predicted octanol–water partition coefficient (Wildman–Crippen LogP) is 4.77. The number of hydrogen-bond donors (Lipinski definition) is 1. The van der Waals surface area contributed by atoms with Crippen LogP contribution in [0.5, 0.6) is 11.5 Å². The zero-order valence-electron chi connectivity index (χ0n) is 16.8. The molecule has 0 aliphatic carbocycles. The Kier molecular flexibility index (Phi) is 7.30. The van der Waals surface area contributed by atoms with Crippen molar-refractivity contribution in [2.45, 2.75) is 4.90 Å². The fourth-order valence-electron chi connectivity index (χ4n) is 2.62. The minimum atomic E-state index is -4.00. The summed E-state index contributed by atoms with van der Waals surface area (Å²) < 4.78 is 35.4. The lowest BCUT2D eigenvalue weighted by atomic mass is 10.1. The van der Waals surface area contributed by atoms with Crippen molar-refractivity contribution in [1.82, 2.24) is 0 Å². The van der Waals surface area contributed by atoms with Crippen molar-refractivity contribution in [1.29, 1.82) is 5.26 Å². The fraction of sp³-hybridized carbons (Fsp3) is 0.0435. The zero-order valence-corrected chi connectivity index (χ0v) is 19.2. The number of carbonyl (C=O) groups excluding carboxylic acids is 1. The lowest BCUT2D eigenvalue weighted by Crippen LogP contribution is -2.13. The SMILES string of the molecule is COc1ccc(NC(=O)/C(C#N)=C/c2ccc(OS(=O)(=O)c3ccccc3)c(Br)c2)cc1. The van der Waals surface area contributed by atoms with E-state index in [2.05, 4.69) is 21.2 Å². The van der Waals surface area contributed by atoms with Gasteiger partial charge in [0.05, 0.1) is 11.6 Å². The van der Waals surface area contributed by atoms with Crippen molar-refractivity contribution in [2.24, 2.45) is 0 Å². The third kappa shape index (κ3) is 5.75. The first-order chi connectivity index (χ1) is 15.3. The van der Waals surface area contributed by atoms with Crippen LogP contribution in [0.15, 0.2) is 87.7 Å². The third-order valence-electron chi connectivity index (χ3n) is 4.21. The smallest absolute Gasteiger partial charge is 0.339 e. The van der Waals surface area contributed by atoms with Crippen LogP contribution < -0.4 is 14.2 Å². The molecule has 0 aromatic heterocycles. The standard InChI is InChI=1S/C23H17BrN2O5S/c1-30-19-10-8-18(9-11-19)26-23(27)17(15-25)13-16-7-12-22(21(24)14-16)31-32(28,29)20-5-3-2-4-6-20/h2-14H,1H3,(H,26,27)/b17-13+. The van der Waals surface area contributed by atoms with Gasteiger partial charge in [0.1, 0.15) is 22.3 Å². The highest BCUT2D eigenvalue weighted by atomic mass is 79.9. The van der Waals surface area contributed by atoms with Crippen molar-refractivity contribution >= 4 is 43.7 Å². The van der Waals surface area contributed by atoms with Crippen molar-refractivity contribution in [3.63, 3.8) is 0 Å². The molecule has 3 aromatic carbocycles. The summed E-state index contributed by atoms with van der Waals surface area (Å²) >= 11 is 3.27. The van der Waals surface area contributed by atoms with E-state index in [-0.39, 0.29) is 16.2 Å². The molecule has 0 heterocycles. The number of nitriles is 1. The number of amides is 1. The van der Waals surface area contributed by atoms with Gasteiger partial charge in [0.25, 0.3) is 5.91 Å². The number of methoxy groups -OCH3 is 1. The Hall–Kier alpha value is -3.61. The van der Waals surface area contributed by atoms with Crippen molar-refractivity contribution < 1.29 is 22.1 Å². The number of benzene rings is 3. The van der Waals surface area contributed by atoms with Crippen molar-refractivity contribution in [3.8, 4) is 17.6 Å². The second-order valence-electron chi connectivity index (χ2n) is 6.39. The number of rotatable bonds is 7. The van der Waals surface area contributed by atoms with Crippen LogP contribution in [-0.2, 0) is 14.9 Å². The van der Waals surface area contributed by atoms with Gasteiger partial charge in [-0.25, -0.2) is 0 Å². The average Bonchev–Trinajstić information content (AvgIpc) is 2.80. The van der Waals surface area contributed by atoms with Crippen LogP contribution >= 0.6 is 15.9 Å². The van der Waals surface area contributed by atoms with Crippen LogP contribution in [0, 0.1) is 11.3 Å². The van der Waals surface area contributed by atoms with Crippen molar-refractivity contribution in [3.05, 3.63) is 88.4 Å². The van der Waals surface area contributed by atoms with Gasteiger partial charge in [-0.05, 0) is 76.1 Å². The Labute approximate surface area is 194 Å². The van der Waals surface area contributed by atoms with Crippen LogP contribution in [0.2, 0.25) is 0 Å². The van der Waals surface area contributed by atoms with E-state index in [9.17, 15) is 18.5 Å². The van der Waals surface area contributed by atoms with Crippen LogP contribution in [0.25, 0.3) is 6.08 Å². The number of nitrogens with zero attached hydrogens (tertiary/aromatic N) is 1. The first-order valence-corrected chi connectivity index (χ1v) is 11.4. The molecule has 1 amide bonds. The molecule has 0 saturated carbocycles. The van der Waals surface area contributed by atoms with E-state index >= 15 is 0 Å². The van der Waals surface area contributed by atoms with Gasteiger partial charge in [-0.1, -0.05) is 24.3 Å². The van der Waals surface area contributed by atoms with Gasteiger partial charge in [0, 0.05) is 5.69 Å². The monoisotopic (exact) mass is 512 g/mol. The van der Waals surface area contributed by atoms with Crippen LogP contribution in [0.4, 0.5) is 5.69 Å². The molecular formula is C23H17BrN2O5S. The number of ether oxygens (including phenoxy) is 1. The number of halogens is 1. The second kappa shape index (κ2) is 10.1. The van der Waals surface area contributed by atoms with Gasteiger partial charge in [0.15, 0.2) is 5.75 Å². The Balaban J connectivity index is 1.77. The number of anilines is 1. The Morgan fingerprint density at radius 1 is 1.06 bits per heavy atom. The molecule has 0 radical (unpaired) electrons. The average molecular weight is 513 g/mol. The van der Waals surface area contributed by atoms with Crippen LogP contribution in [-0.4, -0.2) is 21.4 Å². The molecule has 0 aliphatic heterocycles. The maximum Gasteiger partial charge on any atom is 0.339 e. The van der Waals surface area contributed by atoms with Gasteiger partial charge >= 0.3 is 10.1 Å². The minimum Gasteiger partial charge on any atom is -0.497 e. The molecule has 0 atom stereocenters. The third-order valence-corrected chi connectivity index (χ3v) is 6.08. The first kappa shape index (κ1) is 23.1. The summed E-state index contributed by atoms with van der Waals surface area (Å²) in [6.07, 6.45) is 1.39. The molecule has 32 heavy (non-hydrogen) atoms. The largest absolute Gasteiger partial charge is 0.497 e. The summed E-state index contributed by atoms with van der Waals surface area (Å²) in [6.45, 7) is 0. The highest BCUT2D eigenvalue weighted by Gasteiger charge is 2.18. The van der Waals surface area contributed by atoms with E-state index < -0.39 is 16.0 Å². The summed E-state index contributed by atoms with van der Waals surface area (Å²) in [7, 11) is -2.46. The Morgan fingerprint density at radius 2 is 1.75 bits per heavy atom. The van der Waals surface area contributed by atoms with Crippen molar-refractivity contribution in [2.75, 3.05) is 12.4 Å². The summed E-state index contributed by atoms with van der Waals surface area (Å²) in [4.78, 5) is 12.5. The van der Waals surface area contributed by atoms with E-state index in [4.69, 9.17) is 8.92 Å². The van der Waals surface area contributed by atoms with Crippen LogP contribution in [0.1, 0.15) is 5.56 Å². The van der Waals surface area contributed by atoms with Gasteiger partial charge in [-0.2, -0.15) is 13.7 Å². The molecule has 0 aliphatic rings. The van der Waals surface area contributed by atoms with Gasteiger partial charge in [-0.15, -0.1) is 0 Å². The molecule has 3 aromatic rings. The maximum absolute atomic E-state index is 12.5. The number of nitrogens with one attached hydrogen (secondary N) is 1. The predicted molar refractivity (Wildman–Crippen MR) is 124 cm³/mol. The minimum absolute atomic E-state index is 0.0258. The van der Waals surface area contributed by atoms with Crippen LogP contribution in [0.3, 0.4) is 0 Å². The lowest BCUT2D eigenvalue weighted by molar-refractivity contribution is -0.112. The highest BCUT2D eigenvalue weighted by molar-refractivity contribution is 9.10. The fourth-order valence-corrected chi connectivity index (χ4v) is 4.17. The molecule has 3 rings (SSSR count). The van der Waals surface area contributed by atoms with E-state index in [0.29, 0.717) is 21.5 Å².